The molecule has 0 aliphatic heterocycles. The molecule has 1 N–H and O–H groups in total. The zero-order valence-corrected chi connectivity index (χ0v) is 13.8. The molecule has 0 aliphatic rings. The molecule has 116 valence electrons. The van der Waals surface area contributed by atoms with Crippen molar-refractivity contribution in [1.29, 1.82) is 0 Å². The first-order chi connectivity index (χ1) is 8.64. The fourth-order valence-corrected chi connectivity index (χ4v) is 3.20. The minimum Gasteiger partial charge on any atom is -0.229 e. The van der Waals surface area contributed by atoms with Crippen LogP contribution < -0.4 is 4.72 Å². The molecule has 0 aromatic carbocycles. The Morgan fingerprint density at radius 1 is 0.947 bits per heavy atom. The van der Waals surface area contributed by atoms with Crippen LogP contribution in [-0.2, 0) is 19.9 Å². The third-order valence-corrected chi connectivity index (χ3v) is 4.74. The predicted octanol–water partition coefficient (Wildman–Crippen LogP) is 1.56. The second-order valence-electron chi connectivity index (χ2n) is 5.24. The van der Waals surface area contributed by atoms with Crippen LogP contribution in [0, 0.1) is 5.92 Å². The molecule has 0 aliphatic carbocycles. The Labute approximate surface area is 118 Å². The smallest absolute Gasteiger partial charge is 0.208 e. The van der Waals surface area contributed by atoms with Crippen molar-refractivity contribution in [2.75, 3.05) is 24.8 Å². The third kappa shape index (κ3) is 14.1. The van der Waals surface area contributed by atoms with Gasteiger partial charge in [-0.2, -0.15) is 0 Å². The minimum atomic E-state index is -3.16. The van der Waals surface area contributed by atoms with Gasteiger partial charge in [0, 0.05) is 12.8 Å². The van der Waals surface area contributed by atoms with Gasteiger partial charge in [0.1, 0.15) is 9.84 Å². The van der Waals surface area contributed by atoms with E-state index in [0.29, 0.717) is 19.4 Å². The molecule has 0 bridgehead atoms. The van der Waals surface area contributed by atoms with Crippen molar-refractivity contribution < 1.29 is 16.8 Å². The van der Waals surface area contributed by atoms with Gasteiger partial charge in [-0.05, 0) is 18.8 Å². The van der Waals surface area contributed by atoms with Crippen molar-refractivity contribution in [3.8, 4) is 0 Å². The van der Waals surface area contributed by atoms with Gasteiger partial charge in [0.15, 0.2) is 0 Å². The van der Waals surface area contributed by atoms with E-state index in [9.17, 15) is 16.8 Å². The molecule has 1 atom stereocenters. The number of sulfonamides is 1. The molecule has 0 rings (SSSR count). The topological polar surface area (TPSA) is 80.3 Å². The average Bonchev–Trinajstić information content (AvgIpc) is 2.22. The summed E-state index contributed by atoms with van der Waals surface area (Å²) in [6.07, 6.45) is 7.99. The van der Waals surface area contributed by atoms with E-state index in [1.165, 1.54) is 6.26 Å². The lowest BCUT2D eigenvalue weighted by molar-refractivity contribution is 0.415. The normalized spacial score (nSPS) is 14.5. The van der Waals surface area contributed by atoms with Crippen LogP contribution in [-0.4, -0.2) is 41.6 Å². The van der Waals surface area contributed by atoms with E-state index in [1.54, 1.807) is 0 Å². The Morgan fingerprint density at radius 3 is 2.05 bits per heavy atom. The van der Waals surface area contributed by atoms with Crippen LogP contribution in [0.15, 0.2) is 0 Å². The Hall–Kier alpha value is -0.140. The first-order valence-electron chi connectivity index (χ1n) is 6.76. The van der Waals surface area contributed by atoms with E-state index in [1.807, 2.05) is 0 Å². The van der Waals surface area contributed by atoms with E-state index in [-0.39, 0.29) is 11.7 Å². The highest BCUT2D eigenvalue weighted by Gasteiger charge is 2.13. The average molecular weight is 313 g/mol. The zero-order chi connectivity index (χ0) is 14.9. The molecule has 5 nitrogen and oxygen atoms in total. The van der Waals surface area contributed by atoms with Gasteiger partial charge in [-0.15, -0.1) is 0 Å². The van der Waals surface area contributed by atoms with E-state index in [0.717, 1.165) is 31.9 Å². The number of sulfone groups is 1. The molecule has 0 saturated heterocycles. The maximum atomic E-state index is 11.2. The molecule has 0 fully saturated rings. The van der Waals surface area contributed by atoms with E-state index >= 15 is 0 Å². The first kappa shape index (κ1) is 18.9. The summed E-state index contributed by atoms with van der Waals surface area (Å²) in [7, 11) is -6.10. The largest absolute Gasteiger partial charge is 0.229 e. The highest BCUT2D eigenvalue weighted by Crippen LogP contribution is 2.18. The zero-order valence-electron chi connectivity index (χ0n) is 12.2. The van der Waals surface area contributed by atoms with Crippen LogP contribution in [0.25, 0.3) is 0 Å². The van der Waals surface area contributed by atoms with Crippen LogP contribution in [0.3, 0.4) is 0 Å². The lowest BCUT2D eigenvalue weighted by Gasteiger charge is -2.16. The summed E-state index contributed by atoms with van der Waals surface area (Å²) >= 11 is 0. The second kappa shape index (κ2) is 8.92. The lowest BCUT2D eigenvalue weighted by Crippen LogP contribution is -2.25. The molecule has 0 saturated carbocycles. The molecule has 0 aromatic heterocycles. The number of nitrogens with one attached hydrogen (secondary N) is 1. The summed E-state index contributed by atoms with van der Waals surface area (Å²) in [5.41, 5.74) is 0. The monoisotopic (exact) mass is 313 g/mol. The summed E-state index contributed by atoms with van der Waals surface area (Å²) in [4.78, 5) is 0. The van der Waals surface area contributed by atoms with Gasteiger partial charge in [0.05, 0.1) is 12.0 Å². The quantitative estimate of drug-likeness (QED) is 0.587. The fraction of sp³-hybridized carbons (Fsp3) is 1.00. The van der Waals surface area contributed by atoms with Crippen LogP contribution in [0.2, 0.25) is 0 Å². The molecule has 19 heavy (non-hydrogen) atoms. The van der Waals surface area contributed by atoms with Crippen molar-refractivity contribution in [1.82, 2.24) is 4.72 Å². The van der Waals surface area contributed by atoms with Crippen molar-refractivity contribution in [3.63, 3.8) is 0 Å². The molecule has 0 aromatic rings. The standard InChI is InChI=1S/C12H27NO4S2/c1-4-5-6-7-12(9-11-18(2,14)15)8-10-13-19(3,16)17/h12-13H,4-11H2,1-3H3. The maximum absolute atomic E-state index is 11.2. The van der Waals surface area contributed by atoms with Crippen molar-refractivity contribution in [3.05, 3.63) is 0 Å². The van der Waals surface area contributed by atoms with Gasteiger partial charge in [-0.25, -0.2) is 21.6 Å². The summed E-state index contributed by atoms with van der Waals surface area (Å²) in [6, 6.07) is 0. The second-order valence-corrected chi connectivity index (χ2v) is 9.33. The van der Waals surface area contributed by atoms with E-state index in [2.05, 4.69) is 11.6 Å². The first-order valence-corrected chi connectivity index (χ1v) is 10.7. The molecule has 1 unspecified atom stereocenters. The summed E-state index contributed by atoms with van der Waals surface area (Å²) in [5, 5.41) is 0. The van der Waals surface area contributed by atoms with E-state index in [4.69, 9.17) is 0 Å². The number of hydrogen-bond acceptors (Lipinski definition) is 4. The summed E-state index contributed by atoms with van der Waals surface area (Å²) < 4.78 is 46.8. The van der Waals surface area contributed by atoms with Crippen molar-refractivity contribution in [2.24, 2.45) is 5.92 Å². The Kier molecular flexibility index (Phi) is 8.85. The Morgan fingerprint density at radius 2 is 1.58 bits per heavy atom. The van der Waals surface area contributed by atoms with Gasteiger partial charge < -0.3 is 0 Å². The van der Waals surface area contributed by atoms with Crippen molar-refractivity contribution in [2.45, 2.75) is 45.4 Å². The van der Waals surface area contributed by atoms with Crippen molar-refractivity contribution >= 4 is 19.9 Å². The number of unbranched alkanes of at least 4 members (excludes halogenated alkanes) is 2. The molecule has 0 radical (unpaired) electrons. The van der Waals surface area contributed by atoms with Gasteiger partial charge >= 0.3 is 0 Å². The van der Waals surface area contributed by atoms with E-state index < -0.39 is 19.9 Å². The predicted molar refractivity (Wildman–Crippen MR) is 79.4 cm³/mol. The fourth-order valence-electron chi connectivity index (χ4n) is 1.95. The van der Waals surface area contributed by atoms with Crippen LogP contribution in [0.5, 0.6) is 0 Å². The number of rotatable bonds is 11. The SMILES string of the molecule is CCCCCC(CCNS(C)(=O)=O)CCS(C)(=O)=O. The maximum Gasteiger partial charge on any atom is 0.208 e. The van der Waals surface area contributed by atoms with Crippen LogP contribution >= 0.6 is 0 Å². The summed E-state index contributed by atoms with van der Waals surface area (Å²) in [5.74, 6) is 0.457. The molecule has 0 heterocycles. The number of hydrogen-bond donors (Lipinski definition) is 1. The van der Waals surface area contributed by atoms with Gasteiger partial charge in [-0.3, -0.25) is 0 Å². The van der Waals surface area contributed by atoms with Gasteiger partial charge in [-0.1, -0.05) is 32.6 Å². The molecule has 0 spiro atoms. The lowest BCUT2D eigenvalue weighted by atomic mass is 9.95. The summed E-state index contributed by atoms with van der Waals surface area (Å²) in [6.45, 7) is 2.51. The van der Waals surface area contributed by atoms with Crippen LogP contribution in [0.4, 0.5) is 0 Å². The molecule has 0 amide bonds. The van der Waals surface area contributed by atoms with Crippen LogP contribution in [0.1, 0.15) is 45.4 Å². The Bertz CT molecular complexity index is 429. The Balaban J connectivity index is 4.17. The minimum absolute atomic E-state index is 0.183. The molecule has 7 heteroatoms. The molecular formula is C12H27NO4S2. The third-order valence-electron chi connectivity index (χ3n) is 3.03. The highest BCUT2D eigenvalue weighted by atomic mass is 32.2. The van der Waals surface area contributed by atoms with Gasteiger partial charge in [0.25, 0.3) is 0 Å². The molecular weight excluding hydrogens is 286 g/mol. The highest BCUT2D eigenvalue weighted by molar-refractivity contribution is 7.90. The van der Waals surface area contributed by atoms with Gasteiger partial charge in [0.2, 0.25) is 10.0 Å².